The van der Waals surface area contributed by atoms with Crippen molar-refractivity contribution in [2.24, 2.45) is 5.92 Å². The summed E-state index contributed by atoms with van der Waals surface area (Å²) in [5.41, 5.74) is 2.57. The van der Waals surface area contributed by atoms with Gasteiger partial charge in [0.15, 0.2) is 0 Å². The zero-order valence-electron chi connectivity index (χ0n) is 14.7. The van der Waals surface area contributed by atoms with E-state index in [0.29, 0.717) is 17.3 Å². The van der Waals surface area contributed by atoms with Crippen molar-refractivity contribution in [1.82, 2.24) is 15.2 Å². The predicted molar refractivity (Wildman–Crippen MR) is 97.5 cm³/mol. The Labute approximate surface area is 160 Å². The van der Waals surface area contributed by atoms with E-state index in [1.54, 1.807) is 16.7 Å². The number of β-amino-alcohol motifs (C(OH)–C–C–N with tert-alkyl or cyclic N) is 1. The van der Waals surface area contributed by atoms with E-state index < -0.39 is 12.1 Å². The normalized spacial score (nSPS) is 29.7. The number of nitrogens with one attached hydrogen (secondary N) is 1. The first-order valence-corrected chi connectivity index (χ1v) is 10.2. The third-order valence-electron chi connectivity index (χ3n) is 5.70. The minimum Gasteiger partial charge on any atom is -0.469 e. The molecule has 2 aromatic rings. The molecule has 0 aromatic carbocycles. The molecule has 3 aliphatic rings. The summed E-state index contributed by atoms with van der Waals surface area (Å²) < 4.78 is 5.39. The van der Waals surface area contributed by atoms with Gasteiger partial charge in [-0.25, -0.2) is 4.98 Å². The van der Waals surface area contributed by atoms with Crippen molar-refractivity contribution < 1.29 is 19.1 Å². The summed E-state index contributed by atoms with van der Waals surface area (Å²) >= 11 is 1.34. The van der Waals surface area contributed by atoms with Gasteiger partial charge >= 0.3 is 0 Å². The molecular formula is C19H21N3O4S. The summed E-state index contributed by atoms with van der Waals surface area (Å²) in [7, 11) is 0. The average Bonchev–Trinajstić information content (AvgIpc) is 3.50. The van der Waals surface area contributed by atoms with Crippen LogP contribution in [-0.2, 0) is 4.79 Å². The lowest BCUT2D eigenvalue weighted by Crippen LogP contribution is -2.43. The van der Waals surface area contributed by atoms with Gasteiger partial charge in [-0.2, -0.15) is 0 Å². The zero-order chi connectivity index (χ0) is 18.5. The van der Waals surface area contributed by atoms with Crippen LogP contribution < -0.4 is 5.32 Å². The van der Waals surface area contributed by atoms with Gasteiger partial charge in [-0.1, -0.05) is 0 Å². The van der Waals surface area contributed by atoms with E-state index in [1.807, 2.05) is 12.1 Å². The van der Waals surface area contributed by atoms with Crippen molar-refractivity contribution >= 4 is 23.2 Å². The highest BCUT2D eigenvalue weighted by Crippen LogP contribution is 2.49. The smallest absolute Gasteiger partial charge is 0.263 e. The van der Waals surface area contributed by atoms with Crippen LogP contribution in [0.25, 0.3) is 0 Å². The van der Waals surface area contributed by atoms with Crippen molar-refractivity contribution in [2.75, 3.05) is 13.1 Å². The number of likely N-dealkylation sites (tertiary alicyclic amines) is 1. The van der Waals surface area contributed by atoms with E-state index in [4.69, 9.17) is 4.42 Å². The summed E-state index contributed by atoms with van der Waals surface area (Å²) in [4.78, 5) is 32.0. The van der Waals surface area contributed by atoms with Crippen LogP contribution in [0.4, 0.5) is 0 Å². The van der Waals surface area contributed by atoms with E-state index in [0.717, 1.165) is 30.7 Å². The topological polar surface area (TPSA) is 95.7 Å². The third-order valence-corrected chi connectivity index (χ3v) is 6.54. The highest BCUT2D eigenvalue weighted by atomic mass is 32.1. The number of nitrogens with zero attached hydrogens (tertiary/aromatic N) is 2. The Morgan fingerprint density at radius 3 is 2.93 bits per heavy atom. The summed E-state index contributed by atoms with van der Waals surface area (Å²) in [6.45, 7) is 0.591. The Balaban J connectivity index is 1.20. The van der Waals surface area contributed by atoms with Gasteiger partial charge in [0.05, 0.1) is 29.6 Å². The molecule has 1 aliphatic heterocycles. The van der Waals surface area contributed by atoms with Crippen molar-refractivity contribution in [3.8, 4) is 0 Å². The van der Waals surface area contributed by atoms with Gasteiger partial charge in [0.25, 0.3) is 5.91 Å². The van der Waals surface area contributed by atoms with E-state index in [2.05, 4.69) is 10.3 Å². The molecule has 2 saturated carbocycles. The summed E-state index contributed by atoms with van der Waals surface area (Å²) in [5.74, 6) is 1.13. The van der Waals surface area contributed by atoms with Crippen molar-refractivity contribution in [3.05, 3.63) is 40.2 Å². The van der Waals surface area contributed by atoms with Gasteiger partial charge in [-0.05, 0) is 31.4 Å². The van der Waals surface area contributed by atoms with Gasteiger partial charge in [0.2, 0.25) is 5.91 Å². The van der Waals surface area contributed by atoms with Crippen LogP contribution in [0.1, 0.15) is 52.2 Å². The van der Waals surface area contributed by atoms with Crippen LogP contribution in [0.15, 0.2) is 28.3 Å². The number of aliphatic hydroxyl groups is 1. The Morgan fingerprint density at radius 1 is 1.33 bits per heavy atom. The van der Waals surface area contributed by atoms with Crippen LogP contribution in [0.3, 0.4) is 0 Å². The molecule has 0 spiro atoms. The molecule has 1 saturated heterocycles. The maximum absolute atomic E-state index is 12.7. The Bertz CT molecular complexity index is 860. The largest absolute Gasteiger partial charge is 0.469 e. The Morgan fingerprint density at radius 2 is 2.19 bits per heavy atom. The zero-order valence-corrected chi connectivity index (χ0v) is 15.5. The molecule has 4 atom stereocenters. The number of carbonyl (C=O) groups is 2. The van der Waals surface area contributed by atoms with Crippen LogP contribution in [0.5, 0.6) is 0 Å². The van der Waals surface area contributed by atoms with Gasteiger partial charge in [0.1, 0.15) is 10.6 Å². The van der Waals surface area contributed by atoms with Crippen LogP contribution in [0.2, 0.25) is 0 Å². The number of furan rings is 1. The SMILES string of the molecule is O=C(N[C@@H]1CN(C(=O)[C@@H]2C[C@H]2c2ccco2)C[C@H]1O)c1scnc1C1CC1. The molecule has 2 amide bonds. The molecule has 3 heterocycles. The average molecular weight is 387 g/mol. The number of hydrogen-bond acceptors (Lipinski definition) is 6. The van der Waals surface area contributed by atoms with Crippen LogP contribution >= 0.6 is 11.3 Å². The Hall–Kier alpha value is -2.19. The number of aliphatic hydroxyl groups excluding tert-OH is 1. The monoisotopic (exact) mass is 387 g/mol. The lowest BCUT2D eigenvalue weighted by molar-refractivity contribution is -0.132. The second-order valence-corrected chi connectivity index (χ2v) is 8.55. The molecule has 142 valence electrons. The van der Waals surface area contributed by atoms with E-state index in [1.165, 1.54) is 11.3 Å². The number of hydrogen-bond donors (Lipinski definition) is 2. The van der Waals surface area contributed by atoms with Crippen molar-refractivity contribution in [3.63, 3.8) is 0 Å². The summed E-state index contributed by atoms with van der Waals surface area (Å²) in [6, 6.07) is 3.28. The maximum atomic E-state index is 12.7. The quantitative estimate of drug-likeness (QED) is 0.814. The van der Waals surface area contributed by atoms with E-state index >= 15 is 0 Å². The number of thiazole rings is 1. The fraction of sp³-hybridized carbons (Fsp3) is 0.526. The molecule has 0 radical (unpaired) electrons. The lowest BCUT2D eigenvalue weighted by Gasteiger charge is -2.17. The summed E-state index contributed by atoms with van der Waals surface area (Å²) in [6.07, 6.45) is 3.81. The van der Waals surface area contributed by atoms with Crippen LogP contribution in [0, 0.1) is 5.92 Å². The molecule has 5 rings (SSSR count). The number of aromatic nitrogens is 1. The fourth-order valence-corrected chi connectivity index (χ4v) is 4.71. The van der Waals surface area contributed by atoms with E-state index in [-0.39, 0.29) is 30.2 Å². The molecule has 0 bridgehead atoms. The third kappa shape index (κ3) is 3.17. The van der Waals surface area contributed by atoms with Crippen LogP contribution in [-0.4, -0.2) is 52.0 Å². The maximum Gasteiger partial charge on any atom is 0.263 e. The van der Waals surface area contributed by atoms with Gasteiger partial charge < -0.3 is 19.7 Å². The van der Waals surface area contributed by atoms with Gasteiger partial charge in [-0.3, -0.25) is 9.59 Å². The minimum absolute atomic E-state index is 0.0312. The molecule has 2 aliphatic carbocycles. The standard InChI is InChI=1S/C19H21N3O4S/c23-14-8-22(19(25)12-6-11(12)15-2-1-5-26-15)7-13(14)21-18(24)17-16(10-3-4-10)20-9-27-17/h1-2,5,9-14,23H,3-4,6-8H2,(H,21,24)/t11-,12-,13-,14-/m1/s1. The molecule has 2 aromatic heterocycles. The first-order valence-electron chi connectivity index (χ1n) is 9.36. The molecule has 0 unspecified atom stereocenters. The second kappa shape index (κ2) is 6.45. The first kappa shape index (κ1) is 16.9. The molecule has 8 heteroatoms. The number of carbonyl (C=O) groups excluding carboxylic acids is 2. The number of rotatable bonds is 5. The molecular weight excluding hydrogens is 366 g/mol. The highest BCUT2D eigenvalue weighted by Gasteiger charge is 2.49. The fourth-order valence-electron chi connectivity index (χ4n) is 3.93. The first-order chi connectivity index (χ1) is 13.1. The molecule has 3 fully saturated rings. The van der Waals surface area contributed by atoms with Gasteiger partial charge in [0, 0.05) is 30.8 Å². The van der Waals surface area contributed by atoms with E-state index in [9.17, 15) is 14.7 Å². The molecule has 2 N–H and O–H groups in total. The second-order valence-electron chi connectivity index (χ2n) is 7.70. The number of amides is 2. The van der Waals surface area contributed by atoms with Crippen molar-refractivity contribution in [1.29, 1.82) is 0 Å². The highest BCUT2D eigenvalue weighted by molar-refractivity contribution is 7.11. The Kier molecular flexibility index (Phi) is 4.05. The predicted octanol–water partition coefficient (Wildman–Crippen LogP) is 1.72. The minimum atomic E-state index is -0.754. The van der Waals surface area contributed by atoms with Gasteiger partial charge in [-0.15, -0.1) is 11.3 Å². The lowest BCUT2D eigenvalue weighted by atomic mass is 10.2. The van der Waals surface area contributed by atoms with Crippen molar-refractivity contribution in [2.45, 2.75) is 43.2 Å². The summed E-state index contributed by atoms with van der Waals surface area (Å²) in [5, 5.41) is 13.3. The molecule has 7 nitrogen and oxygen atoms in total. The molecule has 27 heavy (non-hydrogen) atoms.